The van der Waals surface area contributed by atoms with Gasteiger partial charge in [-0.15, -0.1) is 13.2 Å². The van der Waals surface area contributed by atoms with Crippen LogP contribution in [0.25, 0.3) is 0 Å². The van der Waals surface area contributed by atoms with Gasteiger partial charge in [0.05, 0.1) is 12.0 Å². The third-order valence-corrected chi connectivity index (χ3v) is 7.49. The molecule has 4 fully saturated rings. The first-order chi connectivity index (χ1) is 15.9. The third kappa shape index (κ3) is 4.99. The number of amidine groups is 1. The molecule has 0 aromatic heterocycles. The van der Waals surface area contributed by atoms with Gasteiger partial charge in [0.2, 0.25) is 6.19 Å². The summed E-state index contributed by atoms with van der Waals surface area (Å²) in [4.78, 5) is 16.0. The molecule has 10 heteroatoms. The summed E-state index contributed by atoms with van der Waals surface area (Å²) in [5.74, 6) is 0.0579. The summed E-state index contributed by atoms with van der Waals surface area (Å²) in [6.07, 6.45) is 0.902. The molecule has 2 N–H and O–H groups in total. The Kier molecular flexibility index (Phi) is 6.27. The van der Waals surface area contributed by atoms with Crippen molar-refractivity contribution >= 4 is 11.8 Å². The zero-order valence-corrected chi connectivity index (χ0v) is 19.1. The molecule has 4 bridgehead atoms. The van der Waals surface area contributed by atoms with Crippen LogP contribution in [0.15, 0.2) is 29.3 Å². The summed E-state index contributed by atoms with van der Waals surface area (Å²) in [5, 5.41) is 22.5. The zero-order valence-electron chi connectivity index (χ0n) is 19.1. The van der Waals surface area contributed by atoms with Crippen molar-refractivity contribution in [3.05, 3.63) is 29.8 Å². The average molecular weight is 479 g/mol. The van der Waals surface area contributed by atoms with Crippen molar-refractivity contribution in [1.82, 2.24) is 5.32 Å². The van der Waals surface area contributed by atoms with Crippen LogP contribution in [-0.4, -0.2) is 34.9 Å². The van der Waals surface area contributed by atoms with E-state index in [4.69, 9.17) is 4.74 Å². The van der Waals surface area contributed by atoms with E-state index in [1.807, 2.05) is 6.19 Å². The minimum atomic E-state index is -4.78. The number of aliphatic carboxylic acids is 1. The lowest BCUT2D eigenvalue weighted by Crippen LogP contribution is -2.62. The Hall–Kier alpha value is -2.80. The molecule has 2 atom stereocenters. The lowest BCUT2D eigenvalue weighted by molar-refractivity contribution is -0.274. The summed E-state index contributed by atoms with van der Waals surface area (Å²) in [5.41, 5.74) is -1.20. The SMILES string of the molecule is CC(C)(OCc1cccc(OC(F)(F)F)c1)/C(=N\C#N)NC1C2CC3CC1CC(C(=O)O)(C3)C2. The fourth-order valence-corrected chi connectivity index (χ4v) is 6.23. The topological polar surface area (TPSA) is 104 Å². The van der Waals surface area contributed by atoms with Crippen LogP contribution >= 0.6 is 0 Å². The van der Waals surface area contributed by atoms with E-state index in [1.165, 1.54) is 18.2 Å². The molecule has 4 aliphatic carbocycles. The van der Waals surface area contributed by atoms with Gasteiger partial charge >= 0.3 is 12.3 Å². The maximum absolute atomic E-state index is 12.5. The Morgan fingerprint density at radius 3 is 2.53 bits per heavy atom. The normalized spacial score (nSPS) is 30.6. The molecule has 0 radical (unpaired) electrons. The molecule has 184 valence electrons. The van der Waals surface area contributed by atoms with Gasteiger partial charge in [-0.05, 0) is 81.4 Å². The molecule has 0 saturated heterocycles. The van der Waals surface area contributed by atoms with Crippen molar-refractivity contribution in [1.29, 1.82) is 5.26 Å². The van der Waals surface area contributed by atoms with Gasteiger partial charge < -0.3 is 19.9 Å². The molecule has 4 saturated carbocycles. The number of hydrogen-bond acceptors (Lipinski definition) is 5. The molecule has 0 aliphatic heterocycles. The Morgan fingerprint density at radius 1 is 1.26 bits per heavy atom. The number of rotatable bonds is 7. The van der Waals surface area contributed by atoms with Gasteiger partial charge in [0.15, 0.2) is 0 Å². The number of carboxylic acid groups (broad SMARTS) is 1. The van der Waals surface area contributed by atoms with Crippen molar-refractivity contribution < 1.29 is 32.5 Å². The fraction of sp³-hybridized carbons (Fsp3) is 0.625. The second-order valence-electron chi connectivity index (χ2n) is 10.3. The summed E-state index contributed by atoms with van der Waals surface area (Å²) < 4.78 is 47.5. The highest BCUT2D eigenvalue weighted by molar-refractivity contribution is 5.91. The van der Waals surface area contributed by atoms with E-state index in [0.29, 0.717) is 30.2 Å². The van der Waals surface area contributed by atoms with Crippen LogP contribution < -0.4 is 10.1 Å². The number of ether oxygens (including phenoxy) is 2. The van der Waals surface area contributed by atoms with Crippen molar-refractivity contribution in [3.8, 4) is 11.9 Å². The molecular formula is C24H28F3N3O4. The first-order valence-corrected chi connectivity index (χ1v) is 11.4. The molecule has 1 aromatic rings. The molecule has 2 unspecified atom stereocenters. The minimum Gasteiger partial charge on any atom is -0.481 e. The predicted octanol–water partition coefficient (Wildman–Crippen LogP) is 4.63. The number of nitrogens with one attached hydrogen (secondary N) is 1. The number of hydrogen-bond donors (Lipinski definition) is 2. The molecule has 5 rings (SSSR count). The van der Waals surface area contributed by atoms with E-state index >= 15 is 0 Å². The Bertz CT molecular complexity index is 1000. The van der Waals surface area contributed by atoms with Crippen LogP contribution in [0, 0.1) is 34.6 Å². The first kappa shape index (κ1) is 24.3. The van der Waals surface area contributed by atoms with Crippen LogP contribution in [0.1, 0.15) is 51.5 Å². The van der Waals surface area contributed by atoms with Gasteiger partial charge in [-0.25, -0.2) is 0 Å². The van der Waals surface area contributed by atoms with Crippen molar-refractivity contribution in [2.45, 2.75) is 70.6 Å². The molecule has 7 nitrogen and oxygen atoms in total. The van der Waals surface area contributed by atoms with E-state index in [2.05, 4.69) is 15.0 Å². The van der Waals surface area contributed by atoms with E-state index in [-0.39, 0.29) is 30.2 Å². The van der Waals surface area contributed by atoms with Crippen molar-refractivity contribution in [3.63, 3.8) is 0 Å². The second kappa shape index (κ2) is 8.77. The number of nitriles is 1. The van der Waals surface area contributed by atoms with Gasteiger partial charge in [0.25, 0.3) is 0 Å². The fourth-order valence-electron chi connectivity index (χ4n) is 6.23. The largest absolute Gasteiger partial charge is 0.573 e. The van der Waals surface area contributed by atoms with Gasteiger partial charge in [0, 0.05) is 6.04 Å². The summed E-state index contributed by atoms with van der Waals surface area (Å²) in [7, 11) is 0. The van der Waals surface area contributed by atoms with Crippen molar-refractivity contribution in [2.75, 3.05) is 0 Å². The number of benzene rings is 1. The smallest absolute Gasteiger partial charge is 0.481 e. The number of nitrogens with zero attached hydrogens (tertiary/aromatic N) is 2. The lowest BCUT2D eigenvalue weighted by Gasteiger charge is -2.58. The molecule has 4 aliphatic rings. The molecular weight excluding hydrogens is 451 g/mol. The number of carbonyl (C=O) groups is 1. The lowest BCUT2D eigenvalue weighted by atomic mass is 9.48. The highest BCUT2D eigenvalue weighted by Crippen LogP contribution is 2.60. The highest BCUT2D eigenvalue weighted by Gasteiger charge is 2.59. The van der Waals surface area contributed by atoms with Gasteiger partial charge in [-0.1, -0.05) is 12.1 Å². The minimum absolute atomic E-state index is 0.00233. The summed E-state index contributed by atoms with van der Waals surface area (Å²) in [6, 6.07) is 5.53. The third-order valence-electron chi connectivity index (χ3n) is 7.49. The monoisotopic (exact) mass is 479 g/mol. The Balaban J connectivity index is 1.45. The van der Waals surface area contributed by atoms with Crippen LogP contribution in [0.5, 0.6) is 5.75 Å². The number of carboxylic acids is 1. The van der Waals surface area contributed by atoms with E-state index in [1.54, 1.807) is 19.9 Å². The summed E-state index contributed by atoms with van der Waals surface area (Å²) in [6.45, 7) is 3.46. The van der Waals surface area contributed by atoms with Gasteiger partial charge in [-0.2, -0.15) is 10.3 Å². The van der Waals surface area contributed by atoms with Crippen LogP contribution in [0.4, 0.5) is 13.2 Å². The molecule has 0 amide bonds. The molecule has 0 heterocycles. The van der Waals surface area contributed by atoms with Crippen LogP contribution in [0.3, 0.4) is 0 Å². The highest BCUT2D eigenvalue weighted by atomic mass is 19.4. The maximum atomic E-state index is 12.5. The molecule has 34 heavy (non-hydrogen) atoms. The first-order valence-electron chi connectivity index (χ1n) is 11.4. The quantitative estimate of drug-likeness (QED) is 0.336. The van der Waals surface area contributed by atoms with Gasteiger partial charge in [-0.3, -0.25) is 4.79 Å². The number of alkyl halides is 3. The van der Waals surface area contributed by atoms with Gasteiger partial charge in [0.1, 0.15) is 17.2 Å². The van der Waals surface area contributed by atoms with E-state index in [9.17, 15) is 28.3 Å². The molecule has 0 spiro atoms. The van der Waals surface area contributed by atoms with E-state index in [0.717, 1.165) is 19.3 Å². The second-order valence-corrected chi connectivity index (χ2v) is 10.3. The summed E-state index contributed by atoms with van der Waals surface area (Å²) >= 11 is 0. The Labute approximate surface area is 196 Å². The Morgan fingerprint density at radius 2 is 1.94 bits per heavy atom. The number of aliphatic imine (C=N–C) groups is 1. The van der Waals surface area contributed by atoms with Crippen molar-refractivity contribution in [2.24, 2.45) is 28.2 Å². The molecule has 1 aromatic carbocycles. The standard InChI is InChI=1S/C24H28F3N3O4/c1-22(2,33-12-14-4-3-5-18(8-14)34-24(25,26)27)20(29-13-28)30-19-16-6-15-7-17(19)11-23(9-15,10-16)21(31)32/h3-5,8,15-17,19H,6-7,9-12H2,1-2H3,(H,29,30)(H,31,32). The number of halogens is 3. The zero-order chi connectivity index (χ0) is 24.7. The predicted molar refractivity (Wildman–Crippen MR) is 116 cm³/mol. The van der Waals surface area contributed by atoms with E-state index < -0.39 is 23.3 Å². The van der Waals surface area contributed by atoms with Crippen LogP contribution in [-0.2, 0) is 16.1 Å². The van der Waals surface area contributed by atoms with Crippen LogP contribution in [0.2, 0.25) is 0 Å². The maximum Gasteiger partial charge on any atom is 0.573 e. The average Bonchev–Trinajstić information content (AvgIpc) is 2.72.